The van der Waals surface area contributed by atoms with E-state index in [0.717, 1.165) is 26.0 Å². The number of alkyl halides is 3. The van der Waals surface area contributed by atoms with Gasteiger partial charge in [0.15, 0.2) is 5.96 Å². The van der Waals surface area contributed by atoms with Crippen LogP contribution >= 0.6 is 0 Å². The van der Waals surface area contributed by atoms with Crippen LogP contribution in [-0.2, 0) is 4.74 Å². The Labute approximate surface area is 155 Å². The largest absolute Gasteiger partial charge is 0.401 e. The first-order valence-electron chi connectivity index (χ1n) is 9.34. The molecule has 1 fully saturated rings. The molecule has 154 valence electrons. The minimum Gasteiger partial charge on any atom is -0.377 e. The molecule has 1 rings (SSSR count). The zero-order valence-corrected chi connectivity index (χ0v) is 16.7. The van der Waals surface area contributed by atoms with Crippen molar-refractivity contribution in [3.05, 3.63) is 0 Å². The first-order chi connectivity index (χ1) is 12.0. The number of aliphatic imine (C=N–C) groups is 1. The van der Waals surface area contributed by atoms with E-state index >= 15 is 0 Å². The van der Waals surface area contributed by atoms with Crippen LogP contribution in [0.3, 0.4) is 0 Å². The van der Waals surface area contributed by atoms with Crippen LogP contribution in [0, 0.1) is 11.3 Å². The molecule has 5 nitrogen and oxygen atoms in total. The Kier molecular flexibility index (Phi) is 9.16. The van der Waals surface area contributed by atoms with Crippen molar-refractivity contribution in [3.63, 3.8) is 0 Å². The van der Waals surface area contributed by atoms with Gasteiger partial charge >= 0.3 is 6.18 Å². The third-order valence-electron chi connectivity index (χ3n) is 4.51. The molecule has 2 unspecified atom stereocenters. The van der Waals surface area contributed by atoms with Crippen molar-refractivity contribution in [2.75, 3.05) is 46.9 Å². The van der Waals surface area contributed by atoms with Gasteiger partial charge in [0.1, 0.15) is 0 Å². The Morgan fingerprint density at radius 2 is 1.92 bits per heavy atom. The summed E-state index contributed by atoms with van der Waals surface area (Å²) < 4.78 is 42.9. The van der Waals surface area contributed by atoms with E-state index in [4.69, 9.17) is 4.74 Å². The predicted octanol–water partition coefficient (Wildman–Crippen LogP) is 2.88. The zero-order chi connectivity index (χ0) is 19.8. The third kappa shape index (κ3) is 9.07. The van der Waals surface area contributed by atoms with Crippen LogP contribution in [0.4, 0.5) is 13.2 Å². The third-order valence-corrected chi connectivity index (χ3v) is 4.51. The van der Waals surface area contributed by atoms with Crippen LogP contribution in [-0.4, -0.2) is 70.0 Å². The van der Waals surface area contributed by atoms with Gasteiger partial charge in [-0.3, -0.25) is 9.89 Å². The second-order valence-electron chi connectivity index (χ2n) is 8.15. The van der Waals surface area contributed by atoms with Gasteiger partial charge in [0.25, 0.3) is 0 Å². The molecule has 0 amide bonds. The van der Waals surface area contributed by atoms with Crippen LogP contribution in [0.5, 0.6) is 0 Å². The van der Waals surface area contributed by atoms with Crippen molar-refractivity contribution in [3.8, 4) is 0 Å². The predicted molar refractivity (Wildman–Crippen MR) is 99.5 cm³/mol. The van der Waals surface area contributed by atoms with Gasteiger partial charge in [0.2, 0.25) is 0 Å². The van der Waals surface area contributed by atoms with Crippen molar-refractivity contribution >= 4 is 5.96 Å². The minimum atomic E-state index is -4.15. The highest BCUT2D eigenvalue weighted by Gasteiger charge is 2.35. The zero-order valence-electron chi connectivity index (χ0n) is 16.7. The monoisotopic (exact) mass is 380 g/mol. The molecule has 0 bridgehead atoms. The highest BCUT2D eigenvalue weighted by Crippen LogP contribution is 2.33. The number of hydrogen-bond donors (Lipinski definition) is 2. The molecule has 26 heavy (non-hydrogen) atoms. The first kappa shape index (κ1) is 23.0. The van der Waals surface area contributed by atoms with Gasteiger partial charge in [-0.2, -0.15) is 13.2 Å². The molecule has 1 saturated heterocycles. The Morgan fingerprint density at radius 3 is 2.50 bits per heavy atom. The molecule has 0 aromatic rings. The van der Waals surface area contributed by atoms with Gasteiger partial charge in [-0.15, -0.1) is 0 Å². The minimum absolute atomic E-state index is 0.0901. The van der Waals surface area contributed by atoms with Crippen LogP contribution in [0.2, 0.25) is 0 Å². The average molecular weight is 380 g/mol. The summed E-state index contributed by atoms with van der Waals surface area (Å²) in [5.41, 5.74) is 0.0901. The Balaban J connectivity index is 2.32. The summed E-state index contributed by atoms with van der Waals surface area (Å²) in [4.78, 5) is 5.48. The summed E-state index contributed by atoms with van der Waals surface area (Å²) >= 11 is 0. The van der Waals surface area contributed by atoms with E-state index in [1.54, 1.807) is 7.05 Å². The van der Waals surface area contributed by atoms with Gasteiger partial charge in [-0.25, -0.2) is 0 Å². The lowest BCUT2D eigenvalue weighted by atomic mass is 9.78. The molecule has 0 spiro atoms. The van der Waals surface area contributed by atoms with Crippen LogP contribution in [0.1, 0.15) is 40.0 Å². The molecule has 1 aliphatic heterocycles. The normalized spacial score (nSPS) is 22.6. The molecule has 1 heterocycles. The number of nitrogens with zero attached hydrogens (tertiary/aromatic N) is 2. The first-order valence-corrected chi connectivity index (χ1v) is 9.34. The Hall–Kier alpha value is -1.02. The van der Waals surface area contributed by atoms with Crippen molar-refractivity contribution in [2.24, 2.45) is 16.3 Å². The average Bonchev–Trinajstić information content (AvgIpc) is 2.52. The van der Waals surface area contributed by atoms with Gasteiger partial charge in [0, 0.05) is 32.7 Å². The molecule has 8 heteroatoms. The molecule has 0 aromatic heterocycles. The molecule has 2 atom stereocenters. The number of guanidine groups is 1. The lowest BCUT2D eigenvalue weighted by Gasteiger charge is -2.40. The maximum absolute atomic E-state index is 12.3. The highest BCUT2D eigenvalue weighted by atomic mass is 19.4. The quantitative estimate of drug-likeness (QED) is 0.405. The molecular formula is C18H35F3N4O. The number of ether oxygens (including phenoxy) is 1. The number of rotatable bonds is 7. The van der Waals surface area contributed by atoms with E-state index in [1.807, 2.05) is 0 Å². The summed E-state index contributed by atoms with van der Waals surface area (Å²) in [5, 5.41) is 6.50. The SMILES string of the molecule is CN=C(NCCCN(C)CC(F)(F)F)NCC1CCCOC1C(C)(C)C. The van der Waals surface area contributed by atoms with E-state index in [2.05, 4.69) is 36.4 Å². The molecular weight excluding hydrogens is 345 g/mol. The Morgan fingerprint density at radius 1 is 1.23 bits per heavy atom. The van der Waals surface area contributed by atoms with Gasteiger partial charge in [-0.05, 0) is 38.3 Å². The van der Waals surface area contributed by atoms with E-state index in [1.165, 1.54) is 11.9 Å². The van der Waals surface area contributed by atoms with Crippen molar-refractivity contribution in [2.45, 2.75) is 52.3 Å². The van der Waals surface area contributed by atoms with E-state index in [-0.39, 0.29) is 11.5 Å². The summed E-state index contributed by atoms with van der Waals surface area (Å²) in [5.74, 6) is 1.10. The summed E-state index contributed by atoms with van der Waals surface area (Å²) in [6.45, 7) is 8.25. The molecule has 0 aromatic carbocycles. The lowest BCUT2D eigenvalue weighted by molar-refractivity contribution is -0.143. The fourth-order valence-corrected chi connectivity index (χ4v) is 3.40. The van der Waals surface area contributed by atoms with E-state index in [9.17, 15) is 13.2 Å². The molecule has 0 radical (unpaired) electrons. The summed E-state index contributed by atoms with van der Waals surface area (Å²) in [6, 6.07) is 0. The van der Waals surface area contributed by atoms with Gasteiger partial charge in [-0.1, -0.05) is 20.8 Å². The topological polar surface area (TPSA) is 48.9 Å². The highest BCUT2D eigenvalue weighted by molar-refractivity contribution is 5.79. The summed E-state index contributed by atoms with van der Waals surface area (Å²) in [7, 11) is 3.18. The molecule has 0 saturated carbocycles. The van der Waals surface area contributed by atoms with Crippen molar-refractivity contribution in [1.82, 2.24) is 15.5 Å². The number of nitrogens with one attached hydrogen (secondary N) is 2. The van der Waals surface area contributed by atoms with Crippen molar-refractivity contribution < 1.29 is 17.9 Å². The standard InChI is InChI=1S/C18H35F3N4O/c1-17(2,3)15-14(8-6-11-26-15)12-24-16(22-4)23-9-7-10-25(5)13-18(19,20)21/h14-15H,6-13H2,1-5H3,(H2,22,23,24). The smallest absolute Gasteiger partial charge is 0.377 e. The summed E-state index contributed by atoms with van der Waals surface area (Å²) in [6.07, 6.45) is -1.14. The molecule has 2 N–H and O–H groups in total. The van der Waals surface area contributed by atoms with E-state index < -0.39 is 12.7 Å². The second-order valence-corrected chi connectivity index (χ2v) is 8.15. The lowest BCUT2D eigenvalue weighted by Crippen LogP contribution is -2.47. The van der Waals surface area contributed by atoms with Crippen molar-refractivity contribution in [1.29, 1.82) is 0 Å². The number of hydrogen-bond acceptors (Lipinski definition) is 3. The Bertz CT molecular complexity index is 435. The second kappa shape index (κ2) is 10.3. The number of halogens is 3. The maximum atomic E-state index is 12.3. The fourth-order valence-electron chi connectivity index (χ4n) is 3.40. The fraction of sp³-hybridized carbons (Fsp3) is 0.944. The van der Waals surface area contributed by atoms with E-state index in [0.29, 0.717) is 31.4 Å². The van der Waals surface area contributed by atoms with Crippen LogP contribution in [0.25, 0.3) is 0 Å². The molecule has 1 aliphatic rings. The van der Waals surface area contributed by atoms with Crippen LogP contribution in [0.15, 0.2) is 4.99 Å². The van der Waals surface area contributed by atoms with Gasteiger partial charge in [0.05, 0.1) is 12.6 Å². The molecule has 0 aliphatic carbocycles. The maximum Gasteiger partial charge on any atom is 0.401 e. The van der Waals surface area contributed by atoms with Gasteiger partial charge < -0.3 is 15.4 Å². The van der Waals surface area contributed by atoms with Crippen LogP contribution < -0.4 is 10.6 Å².